The summed E-state index contributed by atoms with van der Waals surface area (Å²) in [5.74, 6) is -1.92. The van der Waals surface area contributed by atoms with Crippen molar-refractivity contribution in [3.8, 4) is 0 Å². The number of nitro groups is 1. The van der Waals surface area contributed by atoms with Crippen molar-refractivity contribution in [2.45, 2.75) is 70.9 Å². The van der Waals surface area contributed by atoms with Gasteiger partial charge in [0.05, 0.1) is 16.9 Å². The Morgan fingerprint density at radius 3 is 2.29 bits per heavy atom. The van der Waals surface area contributed by atoms with Crippen LogP contribution >= 0.6 is 0 Å². The van der Waals surface area contributed by atoms with E-state index in [1.165, 1.54) is 19.1 Å². The van der Waals surface area contributed by atoms with E-state index in [0.717, 1.165) is 28.8 Å². The molecule has 0 unspecified atom stereocenters. The van der Waals surface area contributed by atoms with Crippen LogP contribution in [0, 0.1) is 29.9 Å². The van der Waals surface area contributed by atoms with Crippen LogP contribution in [-0.4, -0.2) is 36.7 Å². The zero-order valence-electron chi connectivity index (χ0n) is 20.8. The van der Waals surface area contributed by atoms with Crippen LogP contribution in [0.1, 0.15) is 50.8 Å². The van der Waals surface area contributed by atoms with Gasteiger partial charge in [-0.1, -0.05) is 30.3 Å². The highest BCUT2D eigenvalue weighted by Gasteiger charge is 2.32. The molecule has 10 heteroatoms. The van der Waals surface area contributed by atoms with E-state index < -0.39 is 54.8 Å². The van der Waals surface area contributed by atoms with Gasteiger partial charge < -0.3 is 4.74 Å². The van der Waals surface area contributed by atoms with Crippen LogP contribution < -0.4 is 4.72 Å². The number of ether oxygens (including phenoxy) is 1. The molecule has 2 atom stereocenters. The Labute approximate surface area is 206 Å². The van der Waals surface area contributed by atoms with Crippen molar-refractivity contribution in [3.63, 3.8) is 0 Å². The largest absolute Gasteiger partial charge is 0.460 e. The molecule has 2 aromatic carbocycles. The third-order valence-corrected chi connectivity index (χ3v) is 7.00. The average molecular weight is 505 g/mol. The molecule has 2 aromatic rings. The summed E-state index contributed by atoms with van der Waals surface area (Å²) in [5.41, 5.74) is 1.63. The van der Waals surface area contributed by atoms with E-state index in [4.69, 9.17) is 4.74 Å². The summed E-state index contributed by atoms with van der Waals surface area (Å²) in [6.45, 7) is 10.4. The number of nitro benzene ring substituents is 1. The van der Waals surface area contributed by atoms with Gasteiger partial charge in [-0.05, 0) is 70.7 Å². The molecular weight excluding hydrogens is 472 g/mol. The van der Waals surface area contributed by atoms with Crippen molar-refractivity contribution in [2.24, 2.45) is 5.92 Å². The highest BCUT2D eigenvalue weighted by Crippen LogP contribution is 2.24. The Bertz CT molecular complexity index is 1220. The Morgan fingerprint density at radius 1 is 1.09 bits per heavy atom. The van der Waals surface area contributed by atoms with Gasteiger partial charge in [0.25, 0.3) is 5.69 Å². The maximum atomic E-state index is 13.0. The molecule has 0 radical (unpaired) electrons. The van der Waals surface area contributed by atoms with E-state index in [1.54, 1.807) is 20.8 Å². The number of aryl methyl sites for hydroxylation is 2. The van der Waals surface area contributed by atoms with Gasteiger partial charge >= 0.3 is 5.97 Å². The third-order valence-electron chi connectivity index (χ3n) is 5.41. The summed E-state index contributed by atoms with van der Waals surface area (Å²) in [4.78, 5) is 35.8. The Kier molecular flexibility index (Phi) is 8.91. The number of sulfonamides is 1. The van der Waals surface area contributed by atoms with Crippen LogP contribution in [-0.2, 0) is 30.8 Å². The average Bonchev–Trinajstić information content (AvgIpc) is 2.74. The standard InChI is InChI=1S/C25H32N2O7S/c1-16-11-12-19(13-17(16)2)14-20(24(29)34-25(4,5)6)15-22(28)18(3)26-35(32,33)23-10-8-7-9-21(23)27(30)31/h7-13,18,20,26H,14-15H2,1-6H3/t18-,20+/m0/s1. The van der Waals surface area contributed by atoms with Gasteiger partial charge in [0.1, 0.15) is 5.60 Å². The van der Waals surface area contributed by atoms with E-state index in [1.807, 2.05) is 32.0 Å². The minimum atomic E-state index is -4.36. The van der Waals surface area contributed by atoms with Crippen LogP contribution in [0.4, 0.5) is 5.69 Å². The molecule has 0 heterocycles. The summed E-state index contributed by atoms with van der Waals surface area (Å²) in [5, 5.41) is 11.2. The molecule has 0 aliphatic carbocycles. The molecule has 1 N–H and O–H groups in total. The predicted molar refractivity (Wildman–Crippen MR) is 131 cm³/mol. The van der Waals surface area contributed by atoms with Gasteiger partial charge in [-0.25, -0.2) is 13.1 Å². The molecule has 35 heavy (non-hydrogen) atoms. The molecular formula is C25H32N2O7S. The molecule has 0 aromatic heterocycles. The topological polar surface area (TPSA) is 133 Å². The zero-order valence-corrected chi connectivity index (χ0v) is 21.6. The fourth-order valence-electron chi connectivity index (χ4n) is 3.46. The van der Waals surface area contributed by atoms with E-state index in [-0.39, 0.29) is 12.8 Å². The minimum absolute atomic E-state index is 0.241. The quantitative estimate of drug-likeness (QED) is 0.293. The monoisotopic (exact) mass is 504 g/mol. The summed E-state index contributed by atoms with van der Waals surface area (Å²) < 4.78 is 33.3. The van der Waals surface area contributed by atoms with Gasteiger partial charge in [0.15, 0.2) is 10.7 Å². The maximum absolute atomic E-state index is 13.0. The van der Waals surface area contributed by atoms with Crippen LogP contribution in [0.2, 0.25) is 0 Å². The van der Waals surface area contributed by atoms with Crippen LogP contribution in [0.3, 0.4) is 0 Å². The lowest BCUT2D eigenvalue weighted by atomic mass is 9.91. The number of hydrogen-bond donors (Lipinski definition) is 1. The highest BCUT2D eigenvalue weighted by molar-refractivity contribution is 7.89. The van der Waals surface area contributed by atoms with Gasteiger partial charge in [-0.3, -0.25) is 19.7 Å². The Hall–Kier alpha value is -3.11. The molecule has 0 spiro atoms. The van der Waals surface area contributed by atoms with Crippen molar-refractivity contribution in [3.05, 3.63) is 69.3 Å². The molecule has 0 saturated carbocycles. The van der Waals surface area contributed by atoms with Crippen LogP contribution in [0.25, 0.3) is 0 Å². The summed E-state index contributed by atoms with van der Waals surface area (Å²) in [7, 11) is -4.36. The van der Waals surface area contributed by atoms with Crippen LogP contribution in [0.15, 0.2) is 47.4 Å². The summed E-state index contributed by atoms with van der Waals surface area (Å²) >= 11 is 0. The number of esters is 1. The highest BCUT2D eigenvalue weighted by atomic mass is 32.2. The lowest BCUT2D eigenvalue weighted by molar-refractivity contribution is -0.387. The van der Waals surface area contributed by atoms with Crippen molar-refractivity contribution in [2.75, 3.05) is 0 Å². The molecule has 0 aliphatic heterocycles. The number of benzene rings is 2. The molecule has 0 aliphatic rings. The molecule has 190 valence electrons. The van der Waals surface area contributed by atoms with Gasteiger partial charge in [-0.15, -0.1) is 0 Å². The van der Waals surface area contributed by atoms with E-state index >= 15 is 0 Å². The van der Waals surface area contributed by atoms with Crippen molar-refractivity contribution in [1.82, 2.24) is 4.72 Å². The number of rotatable bonds is 10. The number of Topliss-reactive ketones (excluding diaryl/α,β-unsaturated/α-hetero) is 1. The smallest absolute Gasteiger partial charge is 0.310 e. The number of para-hydroxylation sites is 1. The maximum Gasteiger partial charge on any atom is 0.310 e. The normalized spacial score (nSPS) is 13.7. The number of nitrogens with zero attached hydrogens (tertiary/aromatic N) is 1. The first-order valence-corrected chi connectivity index (χ1v) is 12.7. The molecule has 0 saturated heterocycles. The predicted octanol–water partition coefficient (Wildman–Crippen LogP) is 4.04. The molecule has 2 rings (SSSR count). The third kappa shape index (κ3) is 7.97. The lowest BCUT2D eigenvalue weighted by Crippen LogP contribution is -2.40. The van der Waals surface area contributed by atoms with E-state index in [0.29, 0.717) is 0 Å². The minimum Gasteiger partial charge on any atom is -0.460 e. The summed E-state index contributed by atoms with van der Waals surface area (Å²) in [6, 6.07) is 9.42. The van der Waals surface area contributed by atoms with Gasteiger partial charge in [0, 0.05) is 12.5 Å². The van der Waals surface area contributed by atoms with Crippen LogP contribution in [0.5, 0.6) is 0 Å². The molecule has 0 amide bonds. The number of hydrogen-bond acceptors (Lipinski definition) is 7. The fourth-order valence-corrected chi connectivity index (χ4v) is 4.86. The number of carbonyl (C=O) groups excluding carboxylic acids is 2. The molecule has 9 nitrogen and oxygen atoms in total. The number of carbonyl (C=O) groups is 2. The zero-order chi connectivity index (χ0) is 26.6. The Balaban J connectivity index is 2.25. The lowest BCUT2D eigenvalue weighted by Gasteiger charge is -2.25. The van der Waals surface area contributed by atoms with Crippen molar-refractivity contribution in [1.29, 1.82) is 0 Å². The van der Waals surface area contributed by atoms with Gasteiger partial charge in [0.2, 0.25) is 10.0 Å². The summed E-state index contributed by atoms with van der Waals surface area (Å²) in [6.07, 6.45) is -0.0200. The SMILES string of the molecule is Cc1ccc(C[C@H](CC(=O)[C@H](C)NS(=O)(=O)c2ccccc2[N+](=O)[O-])C(=O)OC(C)(C)C)cc1C. The van der Waals surface area contributed by atoms with E-state index in [9.17, 15) is 28.1 Å². The fraction of sp³-hybridized carbons (Fsp3) is 0.440. The van der Waals surface area contributed by atoms with Crippen molar-refractivity contribution >= 4 is 27.5 Å². The first kappa shape index (κ1) is 28.1. The first-order chi connectivity index (χ1) is 16.1. The van der Waals surface area contributed by atoms with Crippen molar-refractivity contribution < 1.29 is 27.7 Å². The van der Waals surface area contributed by atoms with E-state index in [2.05, 4.69) is 4.72 Å². The Morgan fingerprint density at radius 2 is 1.71 bits per heavy atom. The second-order valence-corrected chi connectivity index (χ2v) is 11.3. The molecule has 0 fully saturated rings. The van der Waals surface area contributed by atoms with Gasteiger partial charge in [-0.2, -0.15) is 0 Å². The second kappa shape index (κ2) is 11.1. The first-order valence-electron chi connectivity index (χ1n) is 11.2. The second-order valence-electron chi connectivity index (χ2n) is 9.59. The molecule has 0 bridgehead atoms. The number of nitrogens with one attached hydrogen (secondary N) is 1. The number of ketones is 1.